The summed E-state index contributed by atoms with van der Waals surface area (Å²) in [6.07, 6.45) is 1.28. The average Bonchev–Trinajstić information content (AvgIpc) is 2.84. The second kappa shape index (κ2) is 4.81. The average molecular weight is 256 g/mol. The van der Waals surface area contributed by atoms with Crippen LogP contribution in [0.2, 0.25) is 0 Å². The summed E-state index contributed by atoms with van der Waals surface area (Å²) in [6, 6.07) is 1.80. The molecule has 1 unspecified atom stereocenters. The van der Waals surface area contributed by atoms with Gasteiger partial charge in [-0.25, -0.2) is 18.2 Å². The van der Waals surface area contributed by atoms with Crippen molar-refractivity contribution in [1.82, 2.24) is 10.3 Å². The van der Waals surface area contributed by atoms with Crippen molar-refractivity contribution >= 4 is 0 Å². The summed E-state index contributed by atoms with van der Waals surface area (Å²) in [6.45, 7) is 1.80. The van der Waals surface area contributed by atoms with E-state index in [0.29, 0.717) is 5.89 Å². The molecule has 6 heteroatoms. The third-order valence-corrected chi connectivity index (χ3v) is 2.63. The zero-order valence-corrected chi connectivity index (χ0v) is 9.80. The van der Waals surface area contributed by atoms with Crippen molar-refractivity contribution in [3.63, 3.8) is 0 Å². The zero-order valence-electron chi connectivity index (χ0n) is 9.80. The molecule has 3 nitrogen and oxygen atoms in total. The van der Waals surface area contributed by atoms with Crippen molar-refractivity contribution in [2.45, 2.75) is 13.0 Å². The molecule has 1 N–H and O–H groups in total. The maximum absolute atomic E-state index is 13.5. The molecular formula is C12H11F3N2O. The fraction of sp³-hybridized carbons (Fsp3) is 0.250. The third-order valence-electron chi connectivity index (χ3n) is 2.63. The number of hydrogen-bond donors (Lipinski definition) is 1. The summed E-state index contributed by atoms with van der Waals surface area (Å²) in [7, 11) is 1.71. The van der Waals surface area contributed by atoms with Gasteiger partial charge in [-0.15, -0.1) is 0 Å². The number of hydrogen-bond acceptors (Lipinski definition) is 3. The fourth-order valence-corrected chi connectivity index (χ4v) is 1.45. The molecule has 0 bridgehead atoms. The molecule has 1 aromatic carbocycles. The quantitative estimate of drug-likeness (QED) is 0.858. The van der Waals surface area contributed by atoms with Crippen LogP contribution in [0.5, 0.6) is 0 Å². The summed E-state index contributed by atoms with van der Waals surface area (Å²) >= 11 is 0. The summed E-state index contributed by atoms with van der Waals surface area (Å²) in [4.78, 5) is 3.94. The van der Waals surface area contributed by atoms with Gasteiger partial charge in [-0.05, 0) is 26.1 Å². The number of nitrogens with zero attached hydrogens (tertiary/aromatic N) is 1. The van der Waals surface area contributed by atoms with Gasteiger partial charge in [-0.3, -0.25) is 0 Å². The van der Waals surface area contributed by atoms with Crippen molar-refractivity contribution in [3.05, 3.63) is 41.7 Å². The van der Waals surface area contributed by atoms with Gasteiger partial charge in [0, 0.05) is 0 Å². The molecule has 0 aliphatic rings. The van der Waals surface area contributed by atoms with Crippen molar-refractivity contribution in [1.29, 1.82) is 0 Å². The number of benzene rings is 1. The van der Waals surface area contributed by atoms with E-state index < -0.39 is 17.5 Å². The highest BCUT2D eigenvalue weighted by Crippen LogP contribution is 2.27. The Morgan fingerprint density at radius 1 is 1.22 bits per heavy atom. The Kier molecular flexibility index (Phi) is 3.38. The largest absolute Gasteiger partial charge is 0.439 e. The summed E-state index contributed by atoms with van der Waals surface area (Å²) in [5, 5.41) is 2.90. The molecule has 96 valence electrons. The van der Waals surface area contributed by atoms with E-state index in [0.717, 1.165) is 12.1 Å². The van der Waals surface area contributed by atoms with Gasteiger partial charge in [-0.1, -0.05) is 0 Å². The van der Waals surface area contributed by atoms with E-state index in [1.807, 2.05) is 0 Å². The lowest BCUT2D eigenvalue weighted by molar-refractivity contribution is 0.430. The summed E-state index contributed by atoms with van der Waals surface area (Å²) in [5.41, 5.74) is -0.157. The van der Waals surface area contributed by atoms with Crippen LogP contribution in [0.4, 0.5) is 13.2 Å². The molecule has 0 saturated heterocycles. The number of oxazole rings is 1. The minimum Gasteiger partial charge on any atom is -0.439 e. The smallest absolute Gasteiger partial charge is 0.211 e. The van der Waals surface area contributed by atoms with Gasteiger partial charge < -0.3 is 9.73 Å². The van der Waals surface area contributed by atoms with Gasteiger partial charge in [-0.2, -0.15) is 0 Å². The van der Waals surface area contributed by atoms with Gasteiger partial charge in [0.25, 0.3) is 0 Å². The summed E-state index contributed by atoms with van der Waals surface area (Å²) < 4.78 is 44.7. The van der Waals surface area contributed by atoms with Crippen LogP contribution in [0.15, 0.2) is 22.7 Å². The lowest BCUT2D eigenvalue weighted by Crippen LogP contribution is -2.12. The van der Waals surface area contributed by atoms with E-state index in [2.05, 4.69) is 10.3 Å². The molecule has 1 aromatic heterocycles. The van der Waals surface area contributed by atoms with Gasteiger partial charge >= 0.3 is 0 Å². The van der Waals surface area contributed by atoms with Crippen LogP contribution < -0.4 is 5.32 Å². The van der Waals surface area contributed by atoms with Crippen LogP contribution >= 0.6 is 0 Å². The lowest BCUT2D eigenvalue weighted by atomic mass is 10.1. The number of aromatic nitrogens is 1. The SMILES string of the molecule is CNC(C)c1ncc(-c2ccc(F)c(F)c2F)o1. The van der Waals surface area contributed by atoms with Crippen molar-refractivity contribution < 1.29 is 17.6 Å². The number of rotatable bonds is 3. The molecule has 2 aromatic rings. The Balaban J connectivity index is 2.43. The van der Waals surface area contributed by atoms with Gasteiger partial charge in [0.2, 0.25) is 5.89 Å². The molecule has 2 rings (SSSR count). The van der Waals surface area contributed by atoms with Gasteiger partial charge in [0.05, 0.1) is 17.8 Å². The molecule has 0 aliphatic heterocycles. The first-order chi connectivity index (χ1) is 8.54. The molecular weight excluding hydrogens is 245 g/mol. The van der Waals surface area contributed by atoms with E-state index in [1.165, 1.54) is 6.20 Å². The predicted octanol–water partition coefficient (Wildman–Crippen LogP) is 3.04. The minimum absolute atomic E-state index is 0.0588. The zero-order chi connectivity index (χ0) is 13.3. The molecule has 1 atom stereocenters. The van der Waals surface area contributed by atoms with E-state index in [-0.39, 0.29) is 17.4 Å². The summed E-state index contributed by atoms with van der Waals surface area (Å²) in [5.74, 6) is -3.64. The maximum atomic E-state index is 13.5. The monoisotopic (exact) mass is 256 g/mol. The highest BCUT2D eigenvalue weighted by atomic mass is 19.2. The Bertz CT molecular complexity index is 568. The first-order valence-electron chi connectivity index (χ1n) is 5.31. The molecule has 1 heterocycles. The first-order valence-corrected chi connectivity index (χ1v) is 5.31. The van der Waals surface area contributed by atoms with Crippen LogP contribution in [0, 0.1) is 17.5 Å². The lowest BCUT2D eigenvalue weighted by Gasteiger charge is -2.04. The Labute approximate surface area is 102 Å². The Morgan fingerprint density at radius 3 is 2.61 bits per heavy atom. The van der Waals surface area contributed by atoms with Crippen molar-refractivity contribution in [3.8, 4) is 11.3 Å². The van der Waals surface area contributed by atoms with E-state index in [9.17, 15) is 13.2 Å². The van der Waals surface area contributed by atoms with Crippen molar-refractivity contribution in [2.75, 3.05) is 7.05 Å². The molecule has 18 heavy (non-hydrogen) atoms. The third kappa shape index (κ3) is 2.11. The minimum atomic E-state index is -1.52. The molecule has 0 aliphatic carbocycles. The molecule has 0 saturated carbocycles. The highest BCUT2D eigenvalue weighted by molar-refractivity contribution is 5.57. The topological polar surface area (TPSA) is 38.1 Å². The van der Waals surface area contributed by atoms with Crippen LogP contribution in [0.25, 0.3) is 11.3 Å². The van der Waals surface area contributed by atoms with Crippen molar-refractivity contribution in [2.24, 2.45) is 0 Å². The number of halogens is 3. The predicted molar refractivity (Wildman–Crippen MR) is 59.3 cm³/mol. The second-order valence-electron chi connectivity index (χ2n) is 3.80. The van der Waals surface area contributed by atoms with Gasteiger partial charge in [0.1, 0.15) is 0 Å². The van der Waals surface area contributed by atoms with Crippen LogP contribution in [0.1, 0.15) is 18.9 Å². The molecule has 0 amide bonds. The Hall–Kier alpha value is -1.82. The first kappa shape index (κ1) is 12.6. The van der Waals surface area contributed by atoms with Crippen LogP contribution in [-0.2, 0) is 0 Å². The second-order valence-corrected chi connectivity index (χ2v) is 3.80. The van der Waals surface area contributed by atoms with E-state index in [1.54, 1.807) is 14.0 Å². The fourth-order valence-electron chi connectivity index (χ4n) is 1.45. The normalized spacial score (nSPS) is 12.7. The van der Waals surface area contributed by atoms with Gasteiger partial charge in [0.15, 0.2) is 23.2 Å². The number of nitrogens with one attached hydrogen (secondary N) is 1. The maximum Gasteiger partial charge on any atom is 0.211 e. The molecule has 0 fully saturated rings. The Morgan fingerprint density at radius 2 is 1.94 bits per heavy atom. The van der Waals surface area contributed by atoms with E-state index in [4.69, 9.17) is 4.42 Å². The van der Waals surface area contributed by atoms with Crippen LogP contribution in [0.3, 0.4) is 0 Å². The molecule has 0 radical (unpaired) electrons. The standard InChI is InChI=1S/C12H11F3N2O/c1-6(16-2)12-17-5-9(18-12)7-3-4-8(13)11(15)10(7)14/h3-6,16H,1-2H3. The van der Waals surface area contributed by atoms with E-state index >= 15 is 0 Å². The molecule has 0 spiro atoms. The van der Waals surface area contributed by atoms with Crippen LogP contribution in [-0.4, -0.2) is 12.0 Å². The highest BCUT2D eigenvalue weighted by Gasteiger charge is 2.18.